The van der Waals surface area contributed by atoms with Crippen LogP contribution in [0.5, 0.6) is 0 Å². The lowest BCUT2D eigenvalue weighted by atomic mass is 9.94. The molecule has 0 spiro atoms. The number of rotatable bonds is 26. The summed E-state index contributed by atoms with van der Waals surface area (Å²) in [5.74, 6) is -2.63. The number of nitrogens with one attached hydrogen (secondary N) is 5. The van der Waals surface area contributed by atoms with E-state index in [1.165, 1.54) is 18.0 Å². The summed E-state index contributed by atoms with van der Waals surface area (Å²) in [6, 6.07) is 23.3. The van der Waals surface area contributed by atoms with Crippen LogP contribution >= 0.6 is 11.9 Å². The highest BCUT2D eigenvalue weighted by atomic mass is 32.2. The Kier molecular flexibility index (Phi) is 18.1. The molecule has 1 saturated heterocycles. The maximum absolute atomic E-state index is 15.5. The first-order chi connectivity index (χ1) is 35.5. The molecule has 0 radical (unpaired) electrons. The van der Waals surface area contributed by atoms with Gasteiger partial charge in [-0.05, 0) is 96.6 Å². The number of nitrogen functional groups attached to an aromatic ring is 1. The molecule has 0 bridgehead atoms. The molecular weight excluding hydrogens is 964 g/mol. The number of halogens is 1. The molecule has 1 aromatic heterocycles. The second kappa shape index (κ2) is 25.4. The number of ether oxygens (including phenoxy) is 5. The molecule has 5 aromatic rings. The number of fused-ring (bicyclic) bond motifs is 2. The SMILES string of the molecule is Nc1ncc(-c2ccc(SNc3ccc(NC(=O)CCOCCOCCOCCOCCOCCNc4cccc5c4C(=O)N(C4CCC(=O)NC4=O)C5=O)cc3)cc2F)cc1-c1ccc2c(c1)CCNC2=O. The summed E-state index contributed by atoms with van der Waals surface area (Å²) in [7, 11) is 0. The third-order valence-corrected chi connectivity index (χ3v) is 12.8. The summed E-state index contributed by atoms with van der Waals surface area (Å²) in [6.45, 7) is 4.33. The number of nitrogens with zero attached hydrogens (tertiary/aromatic N) is 2. The van der Waals surface area contributed by atoms with E-state index in [2.05, 4.69) is 31.0 Å². The Morgan fingerprint density at radius 3 is 2.12 bits per heavy atom. The molecule has 1 fully saturated rings. The van der Waals surface area contributed by atoms with Crippen LogP contribution in [0.1, 0.15) is 55.9 Å². The molecule has 3 aliphatic rings. The maximum Gasteiger partial charge on any atom is 0.264 e. The number of nitrogens with two attached hydrogens (primary N) is 1. The molecule has 8 rings (SSSR count). The van der Waals surface area contributed by atoms with E-state index < -0.39 is 35.5 Å². The average molecular weight is 1020 g/mol. The Hall–Kier alpha value is -7.27. The Morgan fingerprint density at radius 1 is 0.726 bits per heavy atom. The zero-order valence-electron chi connectivity index (χ0n) is 39.8. The molecule has 21 heteroatoms. The highest BCUT2D eigenvalue weighted by molar-refractivity contribution is 8.00. The first-order valence-corrected chi connectivity index (χ1v) is 24.6. The van der Waals surface area contributed by atoms with Crippen LogP contribution in [0, 0.1) is 5.82 Å². The van der Waals surface area contributed by atoms with Crippen molar-refractivity contribution >= 4 is 70.3 Å². The van der Waals surface area contributed by atoms with Crippen molar-refractivity contribution in [2.24, 2.45) is 0 Å². The van der Waals surface area contributed by atoms with E-state index in [1.54, 1.807) is 48.7 Å². The molecule has 1 unspecified atom stereocenters. The van der Waals surface area contributed by atoms with Crippen molar-refractivity contribution in [2.75, 3.05) is 100 Å². The Balaban J connectivity index is 0.621. The molecule has 19 nitrogen and oxygen atoms in total. The number of piperidine rings is 1. The predicted molar refractivity (Wildman–Crippen MR) is 270 cm³/mol. The molecule has 73 heavy (non-hydrogen) atoms. The lowest BCUT2D eigenvalue weighted by Gasteiger charge is -2.27. The van der Waals surface area contributed by atoms with Gasteiger partial charge in [-0.25, -0.2) is 9.37 Å². The van der Waals surface area contributed by atoms with Gasteiger partial charge in [-0.3, -0.25) is 39.0 Å². The van der Waals surface area contributed by atoms with Gasteiger partial charge in [0.25, 0.3) is 17.7 Å². The largest absolute Gasteiger partial charge is 0.383 e. The van der Waals surface area contributed by atoms with Crippen molar-refractivity contribution in [3.8, 4) is 22.3 Å². The summed E-state index contributed by atoms with van der Waals surface area (Å²) >= 11 is 1.25. The van der Waals surface area contributed by atoms with E-state index in [1.807, 2.05) is 36.4 Å². The molecule has 6 amide bonds. The van der Waals surface area contributed by atoms with E-state index in [0.29, 0.717) is 123 Å². The van der Waals surface area contributed by atoms with Gasteiger partial charge in [0.2, 0.25) is 17.7 Å². The van der Waals surface area contributed by atoms with Crippen molar-refractivity contribution in [3.63, 3.8) is 0 Å². The van der Waals surface area contributed by atoms with Crippen LogP contribution in [0.15, 0.2) is 96.0 Å². The van der Waals surface area contributed by atoms with Gasteiger partial charge in [0, 0.05) is 69.9 Å². The number of amides is 6. The third-order valence-electron chi connectivity index (χ3n) is 12.0. The Labute approximate surface area is 424 Å². The number of hydrogen-bond donors (Lipinski definition) is 6. The number of carbonyl (C=O) groups is 6. The summed E-state index contributed by atoms with van der Waals surface area (Å²) in [5.41, 5.74) is 12.5. The lowest BCUT2D eigenvalue weighted by molar-refractivity contribution is -0.136. The van der Waals surface area contributed by atoms with Crippen molar-refractivity contribution in [1.82, 2.24) is 20.5 Å². The smallest absolute Gasteiger partial charge is 0.264 e. The molecular formula is C52H55FN8O11S. The lowest BCUT2D eigenvalue weighted by Crippen LogP contribution is -2.54. The fraction of sp³-hybridized carbons (Fsp3) is 0.327. The van der Waals surface area contributed by atoms with E-state index in [-0.39, 0.29) is 48.8 Å². The minimum atomic E-state index is -1.03. The standard InChI is InChI=1S/C52H55FN8O11S/c53-42-30-37(9-11-38(42)34-29-41(48(54)57-31-34)32-4-10-39-33(28-32)14-16-56-49(39)64)73-60-36-7-5-35(6-8-36)58-46(63)15-18-68-20-22-70-24-26-72-27-25-71-23-21-69-19-17-55-43-3-1-2-40-47(43)52(67)61(51(40)66)44-12-13-45(62)59-50(44)65/h1-11,28-31,44,55,60H,12-27H2,(H2,54,57)(H,56,64)(H,58,63)(H,59,62,65). The van der Waals surface area contributed by atoms with E-state index in [0.717, 1.165) is 21.7 Å². The zero-order chi connectivity index (χ0) is 51.1. The number of aromatic nitrogens is 1. The highest BCUT2D eigenvalue weighted by Gasteiger charge is 2.45. The van der Waals surface area contributed by atoms with Gasteiger partial charge in [0.1, 0.15) is 17.7 Å². The number of carbonyl (C=O) groups excluding carboxylic acids is 6. The second-order valence-electron chi connectivity index (χ2n) is 16.9. The van der Waals surface area contributed by atoms with Crippen LogP contribution in [0.3, 0.4) is 0 Å². The molecule has 4 aromatic carbocycles. The van der Waals surface area contributed by atoms with E-state index >= 15 is 4.39 Å². The fourth-order valence-electron chi connectivity index (χ4n) is 8.27. The number of imide groups is 2. The average Bonchev–Trinajstić information content (AvgIpc) is 3.64. The van der Waals surface area contributed by atoms with Crippen LogP contribution in [-0.2, 0) is 44.5 Å². The molecule has 0 saturated carbocycles. The van der Waals surface area contributed by atoms with Crippen molar-refractivity contribution in [3.05, 3.63) is 119 Å². The number of benzene rings is 4. The quantitative estimate of drug-likeness (QED) is 0.0228. The topological polar surface area (TPSA) is 251 Å². The minimum Gasteiger partial charge on any atom is -0.383 e. The maximum atomic E-state index is 15.5. The van der Waals surface area contributed by atoms with Gasteiger partial charge in [-0.1, -0.05) is 24.3 Å². The minimum absolute atomic E-state index is 0.0505. The van der Waals surface area contributed by atoms with Crippen LogP contribution in [-0.4, -0.2) is 131 Å². The van der Waals surface area contributed by atoms with Gasteiger partial charge in [0.15, 0.2) is 0 Å². The van der Waals surface area contributed by atoms with Crippen LogP contribution < -0.4 is 31.7 Å². The fourth-order valence-corrected chi connectivity index (χ4v) is 8.94. The number of pyridine rings is 1. The van der Waals surface area contributed by atoms with Crippen LogP contribution in [0.2, 0.25) is 0 Å². The van der Waals surface area contributed by atoms with Gasteiger partial charge in [-0.15, -0.1) is 0 Å². The predicted octanol–water partition coefficient (Wildman–Crippen LogP) is 5.47. The first-order valence-electron chi connectivity index (χ1n) is 23.8. The molecule has 0 aliphatic carbocycles. The van der Waals surface area contributed by atoms with Crippen molar-refractivity contribution in [1.29, 1.82) is 0 Å². The van der Waals surface area contributed by atoms with Gasteiger partial charge in [0.05, 0.1) is 83.6 Å². The Bertz CT molecular complexity index is 2840. The van der Waals surface area contributed by atoms with Crippen LogP contribution in [0.25, 0.3) is 22.3 Å². The second-order valence-corrected chi connectivity index (χ2v) is 17.8. The highest BCUT2D eigenvalue weighted by Crippen LogP contribution is 2.35. The molecule has 4 heterocycles. The van der Waals surface area contributed by atoms with Gasteiger partial charge in [-0.2, -0.15) is 0 Å². The molecule has 382 valence electrons. The zero-order valence-corrected chi connectivity index (χ0v) is 40.6. The number of hydrogen-bond acceptors (Lipinski definition) is 16. The molecule has 3 aliphatic heterocycles. The van der Waals surface area contributed by atoms with Crippen molar-refractivity contribution < 1.29 is 56.8 Å². The van der Waals surface area contributed by atoms with Gasteiger partial charge < -0.3 is 50.1 Å². The summed E-state index contributed by atoms with van der Waals surface area (Å²) in [5, 5.41) is 11.0. The van der Waals surface area contributed by atoms with Gasteiger partial charge >= 0.3 is 0 Å². The summed E-state index contributed by atoms with van der Waals surface area (Å²) < 4.78 is 46.4. The first kappa shape index (κ1) is 52.1. The van der Waals surface area contributed by atoms with Crippen molar-refractivity contribution in [2.45, 2.75) is 36.6 Å². The molecule has 7 N–H and O–H groups in total. The van der Waals surface area contributed by atoms with Crippen LogP contribution in [0.4, 0.5) is 27.3 Å². The monoisotopic (exact) mass is 1020 g/mol. The summed E-state index contributed by atoms with van der Waals surface area (Å²) in [4.78, 5) is 80.8. The molecule has 1 atom stereocenters. The van der Waals surface area contributed by atoms with E-state index in [9.17, 15) is 28.8 Å². The van der Waals surface area contributed by atoms with E-state index in [4.69, 9.17) is 29.4 Å². The Morgan fingerprint density at radius 2 is 1.41 bits per heavy atom. The number of anilines is 4. The summed E-state index contributed by atoms with van der Waals surface area (Å²) in [6.07, 6.45) is 2.56. The third kappa shape index (κ3) is 13.6. The normalized spacial score (nSPS) is 15.2.